The monoisotopic (exact) mass is 280 g/mol. The minimum absolute atomic E-state index is 0.0277. The molecule has 7 nitrogen and oxygen atoms in total. The molecule has 0 spiro atoms. The van der Waals surface area contributed by atoms with Crippen LogP contribution >= 0.6 is 11.5 Å². The van der Waals surface area contributed by atoms with E-state index in [2.05, 4.69) is 14.8 Å². The molecule has 0 saturated carbocycles. The molecule has 0 aliphatic carbocycles. The Bertz CT molecular complexity index is 659. The van der Waals surface area contributed by atoms with Gasteiger partial charge in [-0.05, 0) is 25.4 Å². The molecule has 19 heavy (non-hydrogen) atoms. The molecule has 2 heterocycles. The van der Waals surface area contributed by atoms with Gasteiger partial charge in [0.25, 0.3) is 5.91 Å². The summed E-state index contributed by atoms with van der Waals surface area (Å²) in [7, 11) is 1.73. The zero-order valence-electron chi connectivity index (χ0n) is 10.6. The average molecular weight is 280 g/mol. The van der Waals surface area contributed by atoms with Gasteiger partial charge in [0.05, 0.1) is 17.5 Å². The molecule has 100 valence electrons. The van der Waals surface area contributed by atoms with E-state index in [4.69, 9.17) is 5.11 Å². The molecule has 0 radical (unpaired) electrons. The van der Waals surface area contributed by atoms with E-state index in [1.54, 1.807) is 25.6 Å². The van der Waals surface area contributed by atoms with Crippen LogP contribution in [0.2, 0.25) is 0 Å². The maximum atomic E-state index is 12.1. The van der Waals surface area contributed by atoms with Gasteiger partial charge in [0.15, 0.2) is 0 Å². The first-order valence-corrected chi connectivity index (χ1v) is 6.18. The van der Waals surface area contributed by atoms with Gasteiger partial charge in [0.1, 0.15) is 10.6 Å². The lowest BCUT2D eigenvalue weighted by Crippen LogP contribution is -2.14. The zero-order chi connectivity index (χ0) is 14.2. The van der Waals surface area contributed by atoms with E-state index in [9.17, 15) is 9.59 Å². The normalized spacial score (nSPS) is 10.5. The van der Waals surface area contributed by atoms with E-state index >= 15 is 0 Å². The molecule has 0 unspecified atom stereocenters. The number of aromatic nitrogens is 3. The van der Waals surface area contributed by atoms with Crippen molar-refractivity contribution >= 4 is 28.4 Å². The number of hydrogen-bond donors (Lipinski definition) is 2. The van der Waals surface area contributed by atoms with E-state index in [1.807, 2.05) is 0 Å². The molecular formula is C11H12N4O3S. The topological polar surface area (TPSA) is 97.1 Å². The van der Waals surface area contributed by atoms with Gasteiger partial charge in [0, 0.05) is 12.7 Å². The molecule has 2 aromatic rings. The third kappa shape index (κ3) is 2.34. The number of aryl methyl sites for hydroxylation is 2. The van der Waals surface area contributed by atoms with Gasteiger partial charge in [-0.2, -0.15) is 9.47 Å². The minimum Gasteiger partial charge on any atom is -0.478 e. The highest BCUT2D eigenvalue weighted by atomic mass is 32.1. The number of carbonyl (C=O) groups excluding carboxylic acids is 1. The van der Waals surface area contributed by atoms with Crippen molar-refractivity contribution in [1.82, 2.24) is 14.2 Å². The Morgan fingerprint density at radius 1 is 1.42 bits per heavy atom. The molecule has 2 N–H and O–H groups in total. The predicted molar refractivity (Wildman–Crippen MR) is 69.7 cm³/mol. The van der Waals surface area contributed by atoms with Crippen LogP contribution in [0.5, 0.6) is 0 Å². The second-order valence-corrected chi connectivity index (χ2v) is 4.77. The summed E-state index contributed by atoms with van der Waals surface area (Å²) in [6.07, 6.45) is 1.44. The summed E-state index contributed by atoms with van der Waals surface area (Å²) in [5.74, 6) is -1.50. The van der Waals surface area contributed by atoms with Crippen LogP contribution in [-0.4, -0.2) is 31.1 Å². The Morgan fingerprint density at radius 3 is 2.63 bits per heavy atom. The fraction of sp³-hybridized carbons (Fsp3) is 0.273. The summed E-state index contributed by atoms with van der Waals surface area (Å²) < 4.78 is 5.51. The van der Waals surface area contributed by atoms with Crippen LogP contribution in [0.1, 0.15) is 32.1 Å². The van der Waals surface area contributed by atoms with Crippen LogP contribution < -0.4 is 5.32 Å². The summed E-state index contributed by atoms with van der Waals surface area (Å²) >= 11 is 0.950. The fourth-order valence-corrected chi connectivity index (χ4v) is 2.38. The van der Waals surface area contributed by atoms with Crippen LogP contribution in [0.4, 0.5) is 5.00 Å². The largest absolute Gasteiger partial charge is 0.478 e. The summed E-state index contributed by atoms with van der Waals surface area (Å²) in [4.78, 5) is 23.1. The van der Waals surface area contributed by atoms with E-state index < -0.39 is 11.9 Å². The van der Waals surface area contributed by atoms with Gasteiger partial charge in [-0.15, -0.1) is 0 Å². The van der Waals surface area contributed by atoms with Gasteiger partial charge in [-0.25, -0.2) is 4.79 Å². The standard InChI is InChI=1S/C11H12N4O3S/c1-5-8(11(17)18)10(19-14-5)13-9(16)7-4-12-15(3)6(7)2/h4H,1-3H3,(H,13,16)(H,17,18). The predicted octanol–water partition coefficient (Wildman–Crippen LogP) is 1.44. The second kappa shape index (κ2) is 4.81. The fourth-order valence-electron chi connectivity index (χ4n) is 1.60. The van der Waals surface area contributed by atoms with E-state index in [0.717, 1.165) is 11.5 Å². The van der Waals surface area contributed by atoms with Crippen LogP contribution in [0.25, 0.3) is 0 Å². The SMILES string of the molecule is Cc1nsc(NC(=O)c2cnn(C)c2C)c1C(=O)O. The molecule has 0 aliphatic rings. The zero-order valence-corrected chi connectivity index (χ0v) is 11.4. The average Bonchev–Trinajstić information content (AvgIpc) is 2.84. The summed E-state index contributed by atoms with van der Waals surface area (Å²) in [5, 5.41) is 15.8. The molecule has 0 bridgehead atoms. The molecule has 0 aromatic carbocycles. The first kappa shape index (κ1) is 13.2. The third-order valence-corrected chi connectivity index (χ3v) is 3.64. The highest BCUT2D eigenvalue weighted by Crippen LogP contribution is 2.25. The van der Waals surface area contributed by atoms with E-state index in [1.165, 1.54) is 6.20 Å². The number of aromatic carboxylic acids is 1. The Kier molecular flexibility index (Phi) is 3.34. The molecule has 2 aromatic heterocycles. The number of anilines is 1. The summed E-state index contributed by atoms with van der Waals surface area (Å²) in [5.41, 5.74) is 1.52. The highest BCUT2D eigenvalue weighted by Gasteiger charge is 2.21. The number of amides is 1. The Hall–Kier alpha value is -2.22. The summed E-state index contributed by atoms with van der Waals surface area (Å²) in [6, 6.07) is 0. The Morgan fingerprint density at radius 2 is 2.11 bits per heavy atom. The lowest BCUT2D eigenvalue weighted by atomic mass is 10.2. The van der Waals surface area contributed by atoms with Crippen molar-refractivity contribution in [3.8, 4) is 0 Å². The van der Waals surface area contributed by atoms with E-state index in [-0.39, 0.29) is 10.6 Å². The third-order valence-electron chi connectivity index (χ3n) is 2.78. The van der Waals surface area contributed by atoms with Gasteiger partial charge >= 0.3 is 5.97 Å². The maximum absolute atomic E-state index is 12.1. The van der Waals surface area contributed by atoms with Crippen molar-refractivity contribution in [3.05, 3.63) is 28.7 Å². The van der Waals surface area contributed by atoms with E-state index in [0.29, 0.717) is 17.0 Å². The molecule has 1 amide bonds. The molecule has 0 aliphatic heterocycles. The number of nitrogens with one attached hydrogen (secondary N) is 1. The van der Waals surface area contributed by atoms with Crippen molar-refractivity contribution in [2.24, 2.45) is 7.05 Å². The minimum atomic E-state index is -1.11. The van der Waals surface area contributed by atoms with Gasteiger partial charge in [-0.3, -0.25) is 9.48 Å². The molecule has 0 atom stereocenters. The van der Waals surface area contributed by atoms with Crippen LogP contribution in [-0.2, 0) is 7.05 Å². The van der Waals surface area contributed by atoms with Crippen molar-refractivity contribution in [2.75, 3.05) is 5.32 Å². The van der Waals surface area contributed by atoms with Gasteiger partial charge in [-0.1, -0.05) is 0 Å². The Balaban J connectivity index is 2.30. The van der Waals surface area contributed by atoms with Crippen LogP contribution in [0, 0.1) is 13.8 Å². The van der Waals surface area contributed by atoms with Crippen LogP contribution in [0.3, 0.4) is 0 Å². The van der Waals surface area contributed by atoms with Crippen molar-refractivity contribution in [3.63, 3.8) is 0 Å². The van der Waals surface area contributed by atoms with Gasteiger partial charge in [0.2, 0.25) is 0 Å². The lowest BCUT2D eigenvalue weighted by molar-refractivity contribution is 0.0697. The maximum Gasteiger partial charge on any atom is 0.340 e. The molecular weight excluding hydrogens is 268 g/mol. The van der Waals surface area contributed by atoms with Crippen molar-refractivity contribution in [1.29, 1.82) is 0 Å². The number of carboxylic acids is 1. The molecule has 2 rings (SSSR count). The van der Waals surface area contributed by atoms with Gasteiger partial charge < -0.3 is 10.4 Å². The number of hydrogen-bond acceptors (Lipinski definition) is 5. The molecule has 0 saturated heterocycles. The smallest absolute Gasteiger partial charge is 0.340 e. The first-order valence-electron chi connectivity index (χ1n) is 5.41. The quantitative estimate of drug-likeness (QED) is 0.886. The van der Waals surface area contributed by atoms with Crippen molar-refractivity contribution in [2.45, 2.75) is 13.8 Å². The number of nitrogens with zero attached hydrogens (tertiary/aromatic N) is 3. The lowest BCUT2D eigenvalue weighted by Gasteiger charge is -2.03. The second-order valence-electron chi connectivity index (χ2n) is 4.00. The number of rotatable bonds is 3. The number of carboxylic acid groups (broad SMARTS) is 1. The number of carbonyl (C=O) groups is 2. The molecule has 8 heteroatoms. The van der Waals surface area contributed by atoms with Crippen LogP contribution in [0.15, 0.2) is 6.20 Å². The molecule has 0 fully saturated rings. The summed E-state index contributed by atoms with van der Waals surface area (Å²) in [6.45, 7) is 3.35. The Labute approximate surface area is 113 Å². The first-order chi connectivity index (χ1) is 8.91. The van der Waals surface area contributed by atoms with Crippen molar-refractivity contribution < 1.29 is 14.7 Å². The highest BCUT2D eigenvalue weighted by molar-refractivity contribution is 7.11.